The fourth-order valence-electron chi connectivity index (χ4n) is 2.36. The number of carboxylic acids is 1. The lowest BCUT2D eigenvalue weighted by Crippen LogP contribution is -2.45. The highest BCUT2D eigenvalue weighted by molar-refractivity contribution is 5.77. The summed E-state index contributed by atoms with van der Waals surface area (Å²) in [5.41, 5.74) is 5.37. The smallest absolute Gasteiger partial charge is 0.303 e. The number of likely N-dealkylation sites (tertiary alicyclic amines) is 1. The van der Waals surface area contributed by atoms with Gasteiger partial charge in [-0.15, -0.1) is 0 Å². The van der Waals surface area contributed by atoms with Crippen LogP contribution >= 0.6 is 0 Å². The summed E-state index contributed by atoms with van der Waals surface area (Å²) < 4.78 is 0. The molecule has 1 saturated heterocycles. The standard InChI is InChI=1S/C13H24N2O3/c1-13(2,14)8-11(16)15-7-3-4-10(9-15)5-6-12(17)18/h10H,3-9,14H2,1-2H3,(H,17,18). The van der Waals surface area contributed by atoms with E-state index in [1.807, 2.05) is 18.7 Å². The van der Waals surface area contributed by atoms with Crippen molar-refractivity contribution in [3.63, 3.8) is 0 Å². The fourth-order valence-corrected chi connectivity index (χ4v) is 2.36. The molecule has 0 spiro atoms. The van der Waals surface area contributed by atoms with Crippen LogP contribution in [-0.2, 0) is 9.59 Å². The third-order valence-electron chi connectivity index (χ3n) is 3.24. The van der Waals surface area contributed by atoms with Gasteiger partial charge in [-0.3, -0.25) is 9.59 Å². The summed E-state index contributed by atoms with van der Waals surface area (Å²) in [5.74, 6) is -0.358. The highest BCUT2D eigenvalue weighted by Gasteiger charge is 2.26. The van der Waals surface area contributed by atoms with E-state index in [4.69, 9.17) is 10.8 Å². The molecule has 1 heterocycles. The summed E-state index contributed by atoms with van der Waals surface area (Å²) in [5, 5.41) is 8.67. The van der Waals surface area contributed by atoms with E-state index in [9.17, 15) is 9.59 Å². The number of carbonyl (C=O) groups excluding carboxylic acids is 1. The Bertz CT molecular complexity index is 310. The van der Waals surface area contributed by atoms with Crippen LogP contribution in [0.15, 0.2) is 0 Å². The SMILES string of the molecule is CC(C)(N)CC(=O)N1CCCC(CCC(=O)O)C1. The summed E-state index contributed by atoms with van der Waals surface area (Å²) in [6.07, 6.45) is 3.17. The quantitative estimate of drug-likeness (QED) is 0.774. The van der Waals surface area contributed by atoms with Gasteiger partial charge < -0.3 is 15.7 Å². The van der Waals surface area contributed by atoms with Crippen LogP contribution in [0.5, 0.6) is 0 Å². The minimum absolute atomic E-state index is 0.0857. The second-order valence-corrected chi connectivity index (χ2v) is 5.95. The van der Waals surface area contributed by atoms with Gasteiger partial charge in [0.15, 0.2) is 0 Å². The monoisotopic (exact) mass is 256 g/mol. The molecule has 1 aliphatic rings. The van der Waals surface area contributed by atoms with Gasteiger partial charge in [0.25, 0.3) is 0 Å². The molecule has 3 N–H and O–H groups in total. The molecule has 0 aliphatic carbocycles. The van der Waals surface area contributed by atoms with E-state index >= 15 is 0 Å². The summed E-state index contributed by atoms with van der Waals surface area (Å²) in [6, 6.07) is 0. The van der Waals surface area contributed by atoms with Crippen molar-refractivity contribution >= 4 is 11.9 Å². The molecule has 5 nitrogen and oxygen atoms in total. The largest absolute Gasteiger partial charge is 0.481 e. The number of nitrogens with zero attached hydrogens (tertiary/aromatic N) is 1. The highest BCUT2D eigenvalue weighted by atomic mass is 16.4. The van der Waals surface area contributed by atoms with Crippen LogP contribution < -0.4 is 5.73 Å². The molecule has 1 aliphatic heterocycles. The van der Waals surface area contributed by atoms with Crippen molar-refractivity contribution in [2.24, 2.45) is 11.7 Å². The minimum atomic E-state index is -0.762. The lowest BCUT2D eigenvalue weighted by Gasteiger charge is -2.34. The molecule has 0 aromatic rings. The Labute approximate surface area is 108 Å². The Morgan fingerprint density at radius 2 is 2.11 bits per heavy atom. The van der Waals surface area contributed by atoms with E-state index in [1.54, 1.807) is 0 Å². The Morgan fingerprint density at radius 3 is 2.67 bits per heavy atom. The maximum atomic E-state index is 12.0. The number of carboxylic acid groups (broad SMARTS) is 1. The van der Waals surface area contributed by atoms with Crippen molar-refractivity contribution < 1.29 is 14.7 Å². The Morgan fingerprint density at radius 1 is 1.44 bits per heavy atom. The molecule has 0 aromatic carbocycles. The van der Waals surface area contributed by atoms with Crippen molar-refractivity contribution in [2.45, 2.75) is 51.5 Å². The molecule has 1 atom stereocenters. The second kappa shape index (κ2) is 6.18. The first-order chi connectivity index (χ1) is 8.28. The van der Waals surface area contributed by atoms with E-state index in [-0.39, 0.29) is 12.3 Å². The van der Waals surface area contributed by atoms with E-state index in [0.29, 0.717) is 25.3 Å². The van der Waals surface area contributed by atoms with Gasteiger partial charge in [0.2, 0.25) is 5.91 Å². The minimum Gasteiger partial charge on any atom is -0.481 e. The molecular weight excluding hydrogens is 232 g/mol. The van der Waals surface area contributed by atoms with E-state index in [1.165, 1.54) is 0 Å². The lowest BCUT2D eigenvalue weighted by molar-refractivity contribution is -0.137. The number of hydrogen-bond donors (Lipinski definition) is 2. The number of rotatable bonds is 5. The molecule has 0 radical (unpaired) electrons. The molecule has 18 heavy (non-hydrogen) atoms. The number of carbonyl (C=O) groups is 2. The van der Waals surface area contributed by atoms with Gasteiger partial charge in [-0.05, 0) is 39.0 Å². The van der Waals surface area contributed by atoms with Gasteiger partial charge in [0, 0.05) is 31.5 Å². The maximum Gasteiger partial charge on any atom is 0.303 e. The molecule has 1 unspecified atom stereocenters. The predicted molar refractivity (Wildman–Crippen MR) is 69.1 cm³/mol. The maximum absolute atomic E-state index is 12.0. The van der Waals surface area contributed by atoms with Gasteiger partial charge in [-0.2, -0.15) is 0 Å². The molecular formula is C13H24N2O3. The molecule has 0 bridgehead atoms. The van der Waals surface area contributed by atoms with Crippen molar-refractivity contribution in [1.29, 1.82) is 0 Å². The van der Waals surface area contributed by atoms with Gasteiger partial charge in [-0.1, -0.05) is 0 Å². The molecule has 5 heteroatoms. The molecule has 104 valence electrons. The van der Waals surface area contributed by atoms with Crippen LogP contribution in [0.4, 0.5) is 0 Å². The second-order valence-electron chi connectivity index (χ2n) is 5.95. The Kier molecular flexibility index (Phi) is 5.14. The summed E-state index contributed by atoms with van der Waals surface area (Å²) in [7, 11) is 0. The van der Waals surface area contributed by atoms with Crippen molar-refractivity contribution in [2.75, 3.05) is 13.1 Å². The molecule has 0 saturated carbocycles. The number of hydrogen-bond acceptors (Lipinski definition) is 3. The summed E-state index contributed by atoms with van der Waals surface area (Å²) in [4.78, 5) is 24.4. The van der Waals surface area contributed by atoms with E-state index < -0.39 is 11.5 Å². The van der Waals surface area contributed by atoms with Crippen molar-refractivity contribution in [3.8, 4) is 0 Å². The number of nitrogens with two attached hydrogens (primary N) is 1. The Hall–Kier alpha value is -1.10. The zero-order chi connectivity index (χ0) is 13.8. The average Bonchev–Trinajstić information content (AvgIpc) is 2.24. The third kappa shape index (κ3) is 5.49. The predicted octanol–water partition coefficient (Wildman–Crippen LogP) is 1.22. The first kappa shape index (κ1) is 15.0. The van der Waals surface area contributed by atoms with Crippen LogP contribution in [0.2, 0.25) is 0 Å². The molecule has 1 fully saturated rings. The Balaban J connectivity index is 2.43. The van der Waals surface area contributed by atoms with E-state index in [0.717, 1.165) is 19.4 Å². The molecule has 1 rings (SSSR count). The van der Waals surface area contributed by atoms with Crippen molar-refractivity contribution in [3.05, 3.63) is 0 Å². The first-order valence-electron chi connectivity index (χ1n) is 6.56. The van der Waals surface area contributed by atoms with Crippen LogP contribution in [0, 0.1) is 5.92 Å². The molecule has 0 aromatic heterocycles. The summed E-state index contributed by atoms with van der Waals surface area (Å²) in [6.45, 7) is 5.15. The highest BCUT2D eigenvalue weighted by Crippen LogP contribution is 2.22. The van der Waals surface area contributed by atoms with Gasteiger partial charge in [0.05, 0.1) is 0 Å². The molecule has 1 amide bonds. The van der Waals surface area contributed by atoms with E-state index in [2.05, 4.69) is 0 Å². The number of piperidine rings is 1. The fraction of sp³-hybridized carbons (Fsp3) is 0.846. The van der Waals surface area contributed by atoms with Crippen LogP contribution in [0.1, 0.15) is 46.0 Å². The topological polar surface area (TPSA) is 83.6 Å². The zero-order valence-electron chi connectivity index (χ0n) is 11.3. The lowest BCUT2D eigenvalue weighted by atomic mass is 9.92. The third-order valence-corrected chi connectivity index (χ3v) is 3.24. The zero-order valence-corrected chi connectivity index (χ0v) is 11.3. The van der Waals surface area contributed by atoms with Crippen LogP contribution in [-0.4, -0.2) is 40.5 Å². The van der Waals surface area contributed by atoms with Crippen LogP contribution in [0.25, 0.3) is 0 Å². The summed E-state index contributed by atoms with van der Waals surface area (Å²) >= 11 is 0. The average molecular weight is 256 g/mol. The van der Waals surface area contributed by atoms with Crippen molar-refractivity contribution in [1.82, 2.24) is 4.90 Å². The first-order valence-corrected chi connectivity index (χ1v) is 6.56. The number of aliphatic carboxylic acids is 1. The number of amides is 1. The van der Waals surface area contributed by atoms with Gasteiger partial charge in [-0.25, -0.2) is 0 Å². The van der Waals surface area contributed by atoms with Gasteiger partial charge in [0.1, 0.15) is 0 Å². The normalized spacial score (nSPS) is 20.8. The van der Waals surface area contributed by atoms with Crippen LogP contribution in [0.3, 0.4) is 0 Å². The van der Waals surface area contributed by atoms with Gasteiger partial charge >= 0.3 is 5.97 Å².